The van der Waals surface area contributed by atoms with E-state index in [0.29, 0.717) is 6.54 Å². The summed E-state index contributed by atoms with van der Waals surface area (Å²) in [6.45, 7) is 5.79. The molecule has 0 amide bonds. The van der Waals surface area contributed by atoms with Gasteiger partial charge in [-0.3, -0.25) is 4.90 Å². The lowest BCUT2D eigenvalue weighted by molar-refractivity contribution is 0.0398. The molecule has 1 N–H and O–H groups in total. The third kappa shape index (κ3) is 4.77. The molecule has 1 unspecified atom stereocenters. The van der Waals surface area contributed by atoms with Crippen molar-refractivity contribution >= 4 is 0 Å². The predicted molar refractivity (Wildman–Crippen MR) is 44.0 cm³/mol. The molecule has 0 spiro atoms. The minimum atomic E-state index is -0.722. The van der Waals surface area contributed by atoms with Gasteiger partial charge in [0.05, 0.1) is 17.7 Å². The molecule has 0 rings (SSSR count). The highest BCUT2D eigenvalue weighted by Crippen LogP contribution is 2.05. The highest BCUT2D eigenvalue weighted by atomic mass is 16.3. The molecule has 0 saturated heterocycles. The first-order chi connectivity index (χ1) is 4.87. The summed E-state index contributed by atoms with van der Waals surface area (Å²) < 4.78 is 0. The van der Waals surface area contributed by atoms with Crippen molar-refractivity contribution in [2.75, 3.05) is 13.6 Å². The molecule has 0 bridgehead atoms. The monoisotopic (exact) mass is 156 g/mol. The third-order valence-corrected chi connectivity index (χ3v) is 1.48. The van der Waals surface area contributed by atoms with Crippen LogP contribution in [0.5, 0.6) is 0 Å². The minimum absolute atomic E-state index is 0.138. The first-order valence-electron chi connectivity index (χ1n) is 3.69. The summed E-state index contributed by atoms with van der Waals surface area (Å²) in [5.74, 6) is 0. The van der Waals surface area contributed by atoms with Gasteiger partial charge in [0.1, 0.15) is 0 Å². The smallest absolute Gasteiger partial charge is 0.0947 e. The Labute approximate surface area is 68.2 Å². The van der Waals surface area contributed by atoms with Crippen LogP contribution in [0.2, 0.25) is 0 Å². The molecule has 64 valence electrons. The molecular formula is C8H16N2O. The second-order valence-corrected chi connectivity index (χ2v) is 3.53. The van der Waals surface area contributed by atoms with E-state index >= 15 is 0 Å². The summed E-state index contributed by atoms with van der Waals surface area (Å²) in [6, 6.07) is 1.96. The van der Waals surface area contributed by atoms with E-state index in [1.54, 1.807) is 13.8 Å². The van der Waals surface area contributed by atoms with Gasteiger partial charge < -0.3 is 5.11 Å². The Morgan fingerprint density at radius 3 is 2.36 bits per heavy atom. The van der Waals surface area contributed by atoms with Crippen LogP contribution in [-0.2, 0) is 0 Å². The van der Waals surface area contributed by atoms with Crippen molar-refractivity contribution < 1.29 is 5.11 Å². The maximum absolute atomic E-state index is 9.38. The van der Waals surface area contributed by atoms with Crippen molar-refractivity contribution in [3.63, 3.8) is 0 Å². The molecular weight excluding hydrogens is 140 g/mol. The van der Waals surface area contributed by atoms with Crippen LogP contribution in [0.1, 0.15) is 20.8 Å². The standard InChI is InChI=1S/C8H16N2O/c1-7(5-9)10(4)6-8(2,3)11/h7,11H,6H2,1-4H3. The average molecular weight is 156 g/mol. The van der Waals surface area contributed by atoms with E-state index < -0.39 is 5.60 Å². The Balaban J connectivity index is 3.90. The largest absolute Gasteiger partial charge is 0.389 e. The molecule has 0 aromatic carbocycles. The second kappa shape index (κ2) is 3.70. The van der Waals surface area contributed by atoms with Gasteiger partial charge in [0.15, 0.2) is 0 Å². The molecule has 0 heterocycles. The molecule has 0 fully saturated rings. The van der Waals surface area contributed by atoms with Gasteiger partial charge in [0, 0.05) is 6.54 Å². The lowest BCUT2D eigenvalue weighted by atomic mass is 10.1. The second-order valence-electron chi connectivity index (χ2n) is 3.53. The number of likely N-dealkylation sites (N-methyl/N-ethyl adjacent to an activating group) is 1. The fraction of sp³-hybridized carbons (Fsp3) is 0.875. The van der Waals surface area contributed by atoms with Gasteiger partial charge in [-0.2, -0.15) is 5.26 Å². The highest BCUT2D eigenvalue weighted by Gasteiger charge is 2.18. The van der Waals surface area contributed by atoms with E-state index in [1.165, 1.54) is 0 Å². The Kier molecular flexibility index (Phi) is 3.50. The summed E-state index contributed by atoms with van der Waals surface area (Å²) in [4.78, 5) is 1.82. The maximum atomic E-state index is 9.38. The Morgan fingerprint density at radius 1 is 1.64 bits per heavy atom. The number of hydrogen-bond donors (Lipinski definition) is 1. The molecule has 1 atom stereocenters. The van der Waals surface area contributed by atoms with Crippen LogP contribution >= 0.6 is 0 Å². The number of hydrogen-bond acceptors (Lipinski definition) is 3. The van der Waals surface area contributed by atoms with Crippen molar-refractivity contribution in [3.05, 3.63) is 0 Å². The average Bonchev–Trinajstić information content (AvgIpc) is 1.82. The summed E-state index contributed by atoms with van der Waals surface area (Å²) in [6.07, 6.45) is 0. The van der Waals surface area contributed by atoms with Crippen LogP contribution in [0.15, 0.2) is 0 Å². The molecule has 3 heteroatoms. The van der Waals surface area contributed by atoms with Crippen molar-refractivity contribution in [3.8, 4) is 6.07 Å². The molecule has 0 aromatic heterocycles. The quantitative estimate of drug-likeness (QED) is 0.651. The van der Waals surface area contributed by atoms with Crippen LogP contribution < -0.4 is 0 Å². The molecule has 0 aliphatic carbocycles. The van der Waals surface area contributed by atoms with Gasteiger partial charge in [0.2, 0.25) is 0 Å². The van der Waals surface area contributed by atoms with Gasteiger partial charge in [0.25, 0.3) is 0 Å². The van der Waals surface area contributed by atoms with Gasteiger partial charge in [-0.15, -0.1) is 0 Å². The fourth-order valence-corrected chi connectivity index (χ4v) is 0.846. The molecule has 0 aliphatic heterocycles. The number of nitriles is 1. The molecule has 0 aliphatic rings. The van der Waals surface area contributed by atoms with Gasteiger partial charge in [-0.1, -0.05) is 0 Å². The van der Waals surface area contributed by atoms with E-state index in [1.807, 2.05) is 18.9 Å². The van der Waals surface area contributed by atoms with Crippen molar-refractivity contribution in [1.29, 1.82) is 5.26 Å². The van der Waals surface area contributed by atoms with Crippen LogP contribution in [0.25, 0.3) is 0 Å². The normalized spacial score (nSPS) is 14.6. The van der Waals surface area contributed by atoms with Gasteiger partial charge in [-0.25, -0.2) is 0 Å². The zero-order valence-corrected chi connectivity index (χ0v) is 7.63. The van der Waals surface area contributed by atoms with Crippen LogP contribution in [0.3, 0.4) is 0 Å². The van der Waals surface area contributed by atoms with Crippen molar-refractivity contribution in [2.24, 2.45) is 0 Å². The highest BCUT2D eigenvalue weighted by molar-refractivity contribution is 4.88. The van der Waals surface area contributed by atoms with E-state index in [9.17, 15) is 5.11 Å². The molecule has 11 heavy (non-hydrogen) atoms. The van der Waals surface area contributed by atoms with Gasteiger partial charge >= 0.3 is 0 Å². The zero-order valence-electron chi connectivity index (χ0n) is 7.63. The summed E-state index contributed by atoms with van der Waals surface area (Å²) in [5, 5.41) is 17.9. The SMILES string of the molecule is CC(C#N)N(C)CC(C)(C)O. The Bertz CT molecular complexity index is 154. The van der Waals surface area contributed by atoms with E-state index in [0.717, 1.165) is 0 Å². The minimum Gasteiger partial charge on any atom is -0.389 e. The van der Waals surface area contributed by atoms with E-state index in [2.05, 4.69) is 6.07 Å². The van der Waals surface area contributed by atoms with Crippen molar-refractivity contribution in [2.45, 2.75) is 32.4 Å². The Hall–Kier alpha value is -0.590. The number of nitrogens with zero attached hydrogens (tertiary/aromatic N) is 2. The predicted octanol–water partition coefficient (Wildman–Crippen LogP) is 0.601. The third-order valence-electron chi connectivity index (χ3n) is 1.48. The molecule has 0 radical (unpaired) electrons. The molecule has 0 aromatic rings. The maximum Gasteiger partial charge on any atom is 0.0947 e. The van der Waals surface area contributed by atoms with Gasteiger partial charge in [-0.05, 0) is 27.8 Å². The fourth-order valence-electron chi connectivity index (χ4n) is 0.846. The Morgan fingerprint density at radius 2 is 2.09 bits per heavy atom. The summed E-state index contributed by atoms with van der Waals surface area (Å²) >= 11 is 0. The first-order valence-corrected chi connectivity index (χ1v) is 3.69. The molecule has 0 saturated carbocycles. The van der Waals surface area contributed by atoms with E-state index in [4.69, 9.17) is 5.26 Å². The van der Waals surface area contributed by atoms with Crippen LogP contribution in [0, 0.1) is 11.3 Å². The lowest BCUT2D eigenvalue weighted by Crippen LogP contribution is -2.40. The number of aliphatic hydroxyl groups is 1. The van der Waals surface area contributed by atoms with Crippen LogP contribution in [0.4, 0.5) is 0 Å². The van der Waals surface area contributed by atoms with Crippen molar-refractivity contribution in [1.82, 2.24) is 4.90 Å². The first kappa shape index (κ1) is 10.4. The summed E-state index contributed by atoms with van der Waals surface area (Å²) in [7, 11) is 1.83. The van der Waals surface area contributed by atoms with E-state index in [-0.39, 0.29) is 6.04 Å². The lowest BCUT2D eigenvalue weighted by Gasteiger charge is -2.26. The summed E-state index contributed by atoms with van der Waals surface area (Å²) in [5.41, 5.74) is -0.722. The number of rotatable bonds is 3. The molecule has 3 nitrogen and oxygen atoms in total. The zero-order chi connectivity index (χ0) is 9.07. The van der Waals surface area contributed by atoms with Crippen LogP contribution in [-0.4, -0.2) is 35.2 Å². The topological polar surface area (TPSA) is 47.3 Å².